The summed E-state index contributed by atoms with van der Waals surface area (Å²) in [7, 11) is 0. The van der Waals surface area contributed by atoms with E-state index in [1.165, 1.54) is 11.1 Å². The van der Waals surface area contributed by atoms with Gasteiger partial charge in [-0.1, -0.05) is 48.5 Å². The first kappa shape index (κ1) is 19.0. The minimum Gasteiger partial charge on any atom is -0.507 e. The van der Waals surface area contributed by atoms with E-state index in [0.29, 0.717) is 16.8 Å². The van der Waals surface area contributed by atoms with Crippen molar-refractivity contribution in [2.45, 2.75) is 5.92 Å². The molecule has 0 bridgehead atoms. The molecule has 3 aromatic rings. The Morgan fingerprint density at radius 3 is 2.30 bits per heavy atom. The highest BCUT2D eigenvalue weighted by molar-refractivity contribution is 6.14. The number of nitrogens with zero attached hydrogens (tertiary/aromatic N) is 3. The minimum atomic E-state index is -0.802. The number of hydrogen-bond donors (Lipinski definition) is 2. The number of amides is 1. The zero-order chi connectivity index (χ0) is 21.1. The monoisotopic (exact) mass is 394 g/mol. The first-order chi connectivity index (χ1) is 14.6. The summed E-state index contributed by atoms with van der Waals surface area (Å²) in [4.78, 5) is 19.0. The van der Waals surface area contributed by atoms with Crippen molar-refractivity contribution >= 4 is 17.4 Å². The van der Waals surface area contributed by atoms with Crippen molar-refractivity contribution in [1.82, 2.24) is 4.98 Å². The van der Waals surface area contributed by atoms with Crippen LogP contribution in [0.1, 0.15) is 17.0 Å². The molecule has 30 heavy (non-hydrogen) atoms. The molecular weight excluding hydrogens is 376 g/mol. The molecule has 3 N–H and O–H groups in total. The molecule has 1 aliphatic rings. The normalized spacial score (nSPS) is 18.2. The van der Waals surface area contributed by atoms with Gasteiger partial charge in [0.15, 0.2) is 0 Å². The van der Waals surface area contributed by atoms with Crippen LogP contribution in [0.25, 0.3) is 5.76 Å². The Bertz CT molecular complexity index is 1180. The fourth-order valence-corrected chi connectivity index (χ4v) is 3.60. The largest absolute Gasteiger partial charge is 0.507 e. The predicted octanol–water partition coefficient (Wildman–Crippen LogP) is 3.88. The standard InChI is InChI=1S/C24H18N4O2/c25-14-19-20(16-8-3-1-4-9-16)21(22(29)17-10-7-13-27-15-17)24(30)28(23(19)26)18-11-5-2-6-12-18/h1-13,15,20,29H,26H2. The Morgan fingerprint density at radius 2 is 1.70 bits per heavy atom. The van der Waals surface area contributed by atoms with E-state index in [9.17, 15) is 15.2 Å². The highest BCUT2D eigenvalue weighted by Crippen LogP contribution is 2.42. The van der Waals surface area contributed by atoms with Crippen molar-refractivity contribution in [3.63, 3.8) is 0 Å². The smallest absolute Gasteiger partial charge is 0.264 e. The fraction of sp³-hybridized carbons (Fsp3) is 0.0417. The molecule has 1 aliphatic heterocycles. The summed E-state index contributed by atoms with van der Waals surface area (Å²) >= 11 is 0. The van der Waals surface area contributed by atoms with Crippen molar-refractivity contribution < 1.29 is 9.90 Å². The number of benzene rings is 2. The quantitative estimate of drug-likeness (QED) is 0.518. The molecule has 0 radical (unpaired) electrons. The number of carbonyl (C=O) groups is 1. The summed E-state index contributed by atoms with van der Waals surface area (Å²) in [5.74, 6) is -1.48. The molecule has 4 rings (SSSR count). The number of anilines is 1. The van der Waals surface area contributed by atoms with E-state index in [2.05, 4.69) is 11.1 Å². The van der Waals surface area contributed by atoms with E-state index in [1.54, 1.807) is 54.7 Å². The van der Waals surface area contributed by atoms with Gasteiger partial charge < -0.3 is 10.8 Å². The van der Waals surface area contributed by atoms with E-state index in [4.69, 9.17) is 5.73 Å². The topological polar surface area (TPSA) is 103 Å². The van der Waals surface area contributed by atoms with Crippen LogP contribution in [-0.2, 0) is 4.79 Å². The molecule has 1 aromatic heterocycles. The molecule has 1 unspecified atom stereocenters. The number of rotatable bonds is 3. The maximum absolute atomic E-state index is 13.7. The molecule has 1 atom stereocenters. The van der Waals surface area contributed by atoms with E-state index in [-0.39, 0.29) is 22.7 Å². The van der Waals surface area contributed by atoms with Gasteiger partial charge in [0, 0.05) is 18.0 Å². The second-order valence-corrected chi connectivity index (χ2v) is 6.73. The third kappa shape index (κ3) is 3.19. The zero-order valence-corrected chi connectivity index (χ0v) is 15.9. The Hall–Kier alpha value is -4.37. The van der Waals surface area contributed by atoms with Crippen LogP contribution in [0.4, 0.5) is 5.69 Å². The van der Waals surface area contributed by atoms with Gasteiger partial charge in [-0.05, 0) is 29.8 Å². The number of aliphatic hydroxyl groups excluding tert-OH is 1. The number of allylic oxidation sites excluding steroid dienone is 1. The van der Waals surface area contributed by atoms with Gasteiger partial charge >= 0.3 is 0 Å². The average Bonchev–Trinajstić information content (AvgIpc) is 2.80. The number of aromatic nitrogens is 1. The molecular formula is C24H18N4O2. The van der Waals surface area contributed by atoms with Crippen molar-refractivity contribution in [2.24, 2.45) is 5.73 Å². The van der Waals surface area contributed by atoms with Crippen LogP contribution in [0.3, 0.4) is 0 Å². The third-order valence-corrected chi connectivity index (χ3v) is 4.99. The number of aliphatic hydroxyl groups is 1. The second kappa shape index (κ2) is 7.94. The van der Waals surface area contributed by atoms with Crippen LogP contribution >= 0.6 is 0 Å². The van der Waals surface area contributed by atoms with E-state index < -0.39 is 11.8 Å². The van der Waals surface area contributed by atoms with E-state index >= 15 is 0 Å². The Labute approximate surface area is 173 Å². The number of carbonyl (C=O) groups excluding carboxylic acids is 1. The minimum absolute atomic E-state index is 0.0466. The van der Waals surface area contributed by atoms with Gasteiger partial charge in [0.25, 0.3) is 5.91 Å². The van der Waals surface area contributed by atoms with Crippen molar-refractivity contribution in [1.29, 1.82) is 5.26 Å². The highest BCUT2D eigenvalue weighted by atomic mass is 16.3. The molecule has 0 saturated heterocycles. The highest BCUT2D eigenvalue weighted by Gasteiger charge is 2.41. The summed E-state index contributed by atoms with van der Waals surface area (Å²) in [6, 6.07) is 23.4. The third-order valence-electron chi connectivity index (χ3n) is 4.99. The summed E-state index contributed by atoms with van der Waals surface area (Å²) in [6.45, 7) is 0. The van der Waals surface area contributed by atoms with Crippen LogP contribution in [0, 0.1) is 11.3 Å². The van der Waals surface area contributed by atoms with Crippen LogP contribution in [-0.4, -0.2) is 16.0 Å². The number of pyridine rings is 1. The molecule has 0 aliphatic carbocycles. The molecule has 146 valence electrons. The van der Waals surface area contributed by atoms with E-state index in [1.807, 2.05) is 24.3 Å². The molecule has 6 heteroatoms. The van der Waals surface area contributed by atoms with E-state index in [0.717, 1.165) is 0 Å². The lowest BCUT2D eigenvalue weighted by atomic mass is 9.80. The second-order valence-electron chi connectivity index (χ2n) is 6.73. The molecule has 0 saturated carbocycles. The molecule has 6 nitrogen and oxygen atoms in total. The number of nitrogens with two attached hydrogens (primary N) is 1. The van der Waals surface area contributed by atoms with Gasteiger partial charge in [-0.3, -0.25) is 14.7 Å². The number of para-hydroxylation sites is 1. The Balaban J connectivity index is 2.03. The van der Waals surface area contributed by atoms with Crippen LogP contribution < -0.4 is 10.6 Å². The first-order valence-corrected chi connectivity index (χ1v) is 9.31. The van der Waals surface area contributed by atoms with Crippen molar-refractivity contribution in [3.05, 3.63) is 113 Å². The number of nitriles is 1. The first-order valence-electron chi connectivity index (χ1n) is 9.31. The van der Waals surface area contributed by atoms with Crippen molar-refractivity contribution in [2.75, 3.05) is 4.90 Å². The summed E-state index contributed by atoms with van der Waals surface area (Å²) < 4.78 is 0. The SMILES string of the molecule is N#CC1=C(N)N(c2ccccc2)C(=O)C(=C(O)c2cccnc2)C1c1ccccc1. The lowest BCUT2D eigenvalue weighted by Crippen LogP contribution is -2.42. The molecule has 2 heterocycles. The lowest BCUT2D eigenvalue weighted by Gasteiger charge is -2.34. The Morgan fingerprint density at radius 1 is 1.03 bits per heavy atom. The summed E-state index contributed by atoms with van der Waals surface area (Å²) in [5, 5.41) is 21.1. The van der Waals surface area contributed by atoms with Gasteiger partial charge in [-0.2, -0.15) is 5.26 Å². The molecule has 0 fully saturated rings. The van der Waals surface area contributed by atoms with Gasteiger partial charge in [0.2, 0.25) is 0 Å². The predicted molar refractivity (Wildman–Crippen MR) is 114 cm³/mol. The van der Waals surface area contributed by atoms with Crippen LogP contribution in [0.5, 0.6) is 0 Å². The van der Waals surface area contributed by atoms with Gasteiger partial charge in [0.05, 0.1) is 28.8 Å². The van der Waals surface area contributed by atoms with Crippen LogP contribution in [0.2, 0.25) is 0 Å². The summed E-state index contributed by atoms with van der Waals surface area (Å²) in [5.41, 5.74) is 8.17. The van der Waals surface area contributed by atoms with Crippen LogP contribution in [0.15, 0.2) is 102 Å². The van der Waals surface area contributed by atoms with Gasteiger partial charge in [-0.15, -0.1) is 0 Å². The fourth-order valence-electron chi connectivity index (χ4n) is 3.60. The zero-order valence-electron chi connectivity index (χ0n) is 15.9. The molecule has 0 spiro atoms. The molecule has 1 amide bonds. The Kier molecular flexibility index (Phi) is 5.02. The average molecular weight is 394 g/mol. The maximum Gasteiger partial charge on any atom is 0.264 e. The molecule has 2 aromatic carbocycles. The van der Waals surface area contributed by atoms with Crippen molar-refractivity contribution in [3.8, 4) is 6.07 Å². The maximum atomic E-state index is 13.7. The van der Waals surface area contributed by atoms with Gasteiger partial charge in [-0.25, -0.2) is 0 Å². The number of hydrogen-bond acceptors (Lipinski definition) is 5. The lowest BCUT2D eigenvalue weighted by molar-refractivity contribution is -0.115. The van der Waals surface area contributed by atoms with Gasteiger partial charge in [0.1, 0.15) is 11.6 Å². The summed E-state index contributed by atoms with van der Waals surface area (Å²) in [6.07, 6.45) is 3.05.